The molecule has 2 heterocycles. The van der Waals surface area contributed by atoms with Crippen LogP contribution in [0.1, 0.15) is 30.6 Å². The molecule has 1 aromatic carbocycles. The first-order chi connectivity index (χ1) is 11.5. The fraction of sp³-hybridized carbons (Fsp3) is 0.556. The van der Waals surface area contributed by atoms with Crippen LogP contribution in [0.25, 0.3) is 0 Å². The quantitative estimate of drug-likeness (QED) is 0.888. The van der Waals surface area contributed by atoms with E-state index in [2.05, 4.69) is 36.4 Å². The highest BCUT2D eigenvalue weighted by Crippen LogP contribution is 2.30. The second-order valence-corrected chi connectivity index (χ2v) is 6.85. The highest BCUT2D eigenvalue weighted by molar-refractivity contribution is 6.05. The molecule has 1 fully saturated rings. The summed E-state index contributed by atoms with van der Waals surface area (Å²) in [6, 6.07) is 5.31. The Morgan fingerprint density at radius 1 is 1.25 bits per heavy atom. The third-order valence-electron chi connectivity index (χ3n) is 5.12. The minimum atomic E-state index is -0.221. The standard InChI is InChI=1S/C18H26N4O2/c1-4-12(2)16-17(23)20-15-11-13(5-6-14(15)19-16)18(24)22-9-7-21(3)8-10-22/h5-6,11-12,16,19H,4,7-10H2,1-3H3,(H,20,23). The van der Waals surface area contributed by atoms with Gasteiger partial charge in [-0.05, 0) is 31.2 Å². The average molecular weight is 330 g/mol. The second-order valence-electron chi connectivity index (χ2n) is 6.85. The minimum Gasteiger partial charge on any atom is -0.372 e. The molecule has 2 aliphatic heterocycles. The van der Waals surface area contributed by atoms with E-state index in [-0.39, 0.29) is 23.8 Å². The fourth-order valence-corrected chi connectivity index (χ4v) is 3.18. The van der Waals surface area contributed by atoms with Crippen LogP contribution in [0.3, 0.4) is 0 Å². The molecule has 6 heteroatoms. The monoisotopic (exact) mass is 330 g/mol. The van der Waals surface area contributed by atoms with E-state index in [4.69, 9.17) is 0 Å². The van der Waals surface area contributed by atoms with Crippen LogP contribution in [0, 0.1) is 5.92 Å². The fourth-order valence-electron chi connectivity index (χ4n) is 3.18. The molecule has 2 aliphatic rings. The summed E-state index contributed by atoms with van der Waals surface area (Å²) in [5.74, 6) is 0.259. The molecular formula is C18H26N4O2. The number of fused-ring (bicyclic) bond motifs is 1. The molecule has 0 spiro atoms. The summed E-state index contributed by atoms with van der Waals surface area (Å²) in [5.41, 5.74) is 2.21. The summed E-state index contributed by atoms with van der Waals surface area (Å²) >= 11 is 0. The van der Waals surface area contributed by atoms with Crippen molar-refractivity contribution in [3.63, 3.8) is 0 Å². The van der Waals surface area contributed by atoms with Crippen molar-refractivity contribution in [2.75, 3.05) is 43.9 Å². The van der Waals surface area contributed by atoms with Crippen LogP contribution in [0.4, 0.5) is 11.4 Å². The van der Waals surface area contributed by atoms with Crippen LogP contribution in [-0.2, 0) is 4.79 Å². The van der Waals surface area contributed by atoms with E-state index < -0.39 is 0 Å². The molecule has 0 aliphatic carbocycles. The molecule has 2 N–H and O–H groups in total. The number of rotatable bonds is 3. The predicted octanol–water partition coefficient (Wildman–Crippen LogP) is 1.85. The summed E-state index contributed by atoms with van der Waals surface area (Å²) in [6.07, 6.45) is 0.931. The van der Waals surface area contributed by atoms with Gasteiger partial charge in [-0.3, -0.25) is 9.59 Å². The summed E-state index contributed by atoms with van der Waals surface area (Å²) < 4.78 is 0. The topological polar surface area (TPSA) is 64.7 Å². The highest BCUT2D eigenvalue weighted by atomic mass is 16.2. The number of piperazine rings is 1. The summed E-state index contributed by atoms with van der Waals surface area (Å²) in [4.78, 5) is 29.1. The molecule has 6 nitrogen and oxygen atoms in total. The van der Waals surface area contributed by atoms with E-state index in [1.807, 2.05) is 17.0 Å². The molecule has 2 amide bonds. The van der Waals surface area contributed by atoms with E-state index in [0.717, 1.165) is 38.3 Å². The lowest BCUT2D eigenvalue weighted by Gasteiger charge is -2.33. The van der Waals surface area contributed by atoms with Gasteiger partial charge in [-0.1, -0.05) is 20.3 Å². The molecule has 2 atom stereocenters. The third kappa shape index (κ3) is 3.24. The maximum absolute atomic E-state index is 12.7. The number of nitrogens with one attached hydrogen (secondary N) is 2. The zero-order chi connectivity index (χ0) is 17.3. The summed E-state index contributed by atoms with van der Waals surface area (Å²) in [5, 5.41) is 6.26. The molecule has 0 radical (unpaired) electrons. The zero-order valence-corrected chi connectivity index (χ0v) is 14.6. The maximum atomic E-state index is 12.7. The number of likely N-dealkylation sites (N-methyl/N-ethyl adjacent to an activating group) is 1. The third-order valence-corrected chi connectivity index (χ3v) is 5.12. The molecule has 1 aromatic rings. The predicted molar refractivity (Wildman–Crippen MR) is 95.3 cm³/mol. The van der Waals surface area contributed by atoms with E-state index >= 15 is 0 Å². The van der Waals surface area contributed by atoms with Crippen molar-refractivity contribution in [2.24, 2.45) is 5.92 Å². The number of hydrogen-bond donors (Lipinski definition) is 2. The van der Waals surface area contributed by atoms with E-state index in [1.54, 1.807) is 6.07 Å². The van der Waals surface area contributed by atoms with Crippen molar-refractivity contribution in [2.45, 2.75) is 26.3 Å². The Labute approximate surface area is 143 Å². The van der Waals surface area contributed by atoms with Gasteiger partial charge in [-0.15, -0.1) is 0 Å². The summed E-state index contributed by atoms with van der Waals surface area (Å²) in [6.45, 7) is 7.41. The first kappa shape index (κ1) is 16.8. The molecule has 2 unspecified atom stereocenters. The Morgan fingerprint density at radius 3 is 2.62 bits per heavy atom. The van der Waals surface area contributed by atoms with E-state index in [1.165, 1.54) is 0 Å². The van der Waals surface area contributed by atoms with Crippen LogP contribution in [0.2, 0.25) is 0 Å². The molecular weight excluding hydrogens is 304 g/mol. The Hall–Kier alpha value is -2.08. The van der Waals surface area contributed by atoms with Gasteiger partial charge >= 0.3 is 0 Å². The normalized spacial score (nSPS) is 22.4. The van der Waals surface area contributed by atoms with Crippen molar-refractivity contribution < 1.29 is 9.59 Å². The Kier molecular flexibility index (Phi) is 4.76. The molecule has 0 bridgehead atoms. The molecule has 130 valence electrons. The van der Waals surface area contributed by atoms with Crippen LogP contribution >= 0.6 is 0 Å². The molecule has 0 saturated carbocycles. The SMILES string of the molecule is CCC(C)C1Nc2ccc(C(=O)N3CCN(C)CC3)cc2NC1=O. The van der Waals surface area contributed by atoms with Gasteiger partial charge in [0.05, 0.1) is 11.4 Å². The number of benzene rings is 1. The van der Waals surface area contributed by atoms with Crippen molar-refractivity contribution in [1.82, 2.24) is 9.80 Å². The van der Waals surface area contributed by atoms with Crippen LogP contribution in [-0.4, -0.2) is 60.9 Å². The van der Waals surface area contributed by atoms with Crippen LogP contribution < -0.4 is 10.6 Å². The van der Waals surface area contributed by atoms with Crippen LogP contribution in [0.15, 0.2) is 18.2 Å². The van der Waals surface area contributed by atoms with Gasteiger partial charge in [0.2, 0.25) is 5.91 Å². The Morgan fingerprint density at radius 2 is 1.96 bits per heavy atom. The van der Waals surface area contributed by atoms with Crippen LogP contribution in [0.5, 0.6) is 0 Å². The van der Waals surface area contributed by atoms with E-state index in [9.17, 15) is 9.59 Å². The lowest BCUT2D eigenvalue weighted by Crippen LogP contribution is -2.47. The lowest BCUT2D eigenvalue weighted by molar-refractivity contribution is -0.118. The summed E-state index contributed by atoms with van der Waals surface area (Å²) in [7, 11) is 2.07. The lowest BCUT2D eigenvalue weighted by atomic mass is 9.95. The van der Waals surface area contributed by atoms with Gasteiger partial charge in [0.1, 0.15) is 6.04 Å². The largest absolute Gasteiger partial charge is 0.372 e. The van der Waals surface area contributed by atoms with Gasteiger partial charge in [0.15, 0.2) is 0 Å². The molecule has 3 rings (SSSR count). The van der Waals surface area contributed by atoms with Gasteiger partial charge in [-0.2, -0.15) is 0 Å². The van der Waals surface area contributed by atoms with Gasteiger partial charge < -0.3 is 20.4 Å². The Balaban J connectivity index is 1.76. The minimum absolute atomic E-state index is 0.0268. The van der Waals surface area contributed by atoms with Crippen molar-refractivity contribution in [1.29, 1.82) is 0 Å². The van der Waals surface area contributed by atoms with Crippen molar-refractivity contribution in [3.05, 3.63) is 23.8 Å². The number of nitrogens with zero attached hydrogens (tertiary/aromatic N) is 2. The van der Waals surface area contributed by atoms with Gasteiger partial charge in [0, 0.05) is 31.7 Å². The second kappa shape index (κ2) is 6.81. The number of carbonyl (C=O) groups is 2. The number of hydrogen-bond acceptors (Lipinski definition) is 4. The maximum Gasteiger partial charge on any atom is 0.254 e. The first-order valence-electron chi connectivity index (χ1n) is 8.69. The van der Waals surface area contributed by atoms with Crippen molar-refractivity contribution >= 4 is 23.2 Å². The Bertz CT molecular complexity index is 638. The highest BCUT2D eigenvalue weighted by Gasteiger charge is 2.30. The number of anilines is 2. The number of carbonyl (C=O) groups excluding carboxylic acids is 2. The van der Waals surface area contributed by atoms with Crippen molar-refractivity contribution in [3.8, 4) is 0 Å². The number of amides is 2. The smallest absolute Gasteiger partial charge is 0.254 e. The zero-order valence-electron chi connectivity index (χ0n) is 14.6. The molecule has 0 aromatic heterocycles. The molecule has 24 heavy (non-hydrogen) atoms. The molecule has 1 saturated heterocycles. The van der Waals surface area contributed by atoms with Gasteiger partial charge in [-0.25, -0.2) is 0 Å². The first-order valence-corrected chi connectivity index (χ1v) is 8.69. The van der Waals surface area contributed by atoms with Gasteiger partial charge in [0.25, 0.3) is 5.91 Å². The average Bonchev–Trinajstić information content (AvgIpc) is 2.60. The van der Waals surface area contributed by atoms with E-state index in [0.29, 0.717) is 11.3 Å².